The van der Waals surface area contributed by atoms with Crippen molar-refractivity contribution in [2.24, 2.45) is 0 Å². The van der Waals surface area contributed by atoms with Crippen LogP contribution >= 0.6 is 46.4 Å². The summed E-state index contributed by atoms with van der Waals surface area (Å²) in [4.78, 5) is 29.9. The van der Waals surface area contributed by atoms with E-state index in [1.807, 2.05) is 172 Å². The van der Waals surface area contributed by atoms with Crippen LogP contribution in [0.5, 0.6) is 0 Å². The first-order valence-electron chi connectivity index (χ1n) is 19.0. The third-order valence-electron chi connectivity index (χ3n) is 10.6. The van der Waals surface area contributed by atoms with Crippen LogP contribution in [0.1, 0.15) is 57.7 Å². The van der Waals surface area contributed by atoms with Gasteiger partial charge in [-0.05, 0) is 81.9 Å². The highest BCUT2D eigenvalue weighted by atomic mass is 35.5. The Morgan fingerprint density at radius 3 is 0.983 bits per heavy atom. The molecule has 58 heavy (non-hydrogen) atoms. The molecule has 2 heterocycles. The standard InChI is InChI=1S/2C24H21Cl2NO2/c2*1-27-22(17-7-11-19(25)12-8-17)23(18-9-13-20(26)14-10-18)29-21(24(27)28)15-16-5-3-2-4-6-16/h2*2-14,21-23H,15H2,1H3/t2*21-,22+,23-/m10/s1. The molecule has 6 atom stereocenters. The summed E-state index contributed by atoms with van der Waals surface area (Å²) >= 11 is 24.3. The van der Waals surface area contributed by atoms with Gasteiger partial charge in [-0.3, -0.25) is 9.59 Å². The maximum atomic E-state index is 13.2. The lowest BCUT2D eigenvalue weighted by Crippen LogP contribution is -2.49. The van der Waals surface area contributed by atoms with E-state index in [1.54, 1.807) is 9.80 Å². The minimum absolute atomic E-state index is 0.0287. The molecule has 0 spiro atoms. The van der Waals surface area contributed by atoms with Crippen LogP contribution in [0.25, 0.3) is 0 Å². The van der Waals surface area contributed by atoms with E-state index in [0.29, 0.717) is 32.9 Å². The summed E-state index contributed by atoms with van der Waals surface area (Å²) in [5.41, 5.74) is 6.04. The smallest absolute Gasteiger partial charge is 0.252 e. The number of carbonyl (C=O) groups excluding carboxylic acids is 2. The second-order valence-electron chi connectivity index (χ2n) is 14.5. The van der Waals surface area contributed by atoms with Crippen molar-refractivity contribution in [1.82, 2.24) is 9.80 Å². The molecule has 0 aliphatic carbocycles. The van der Waals surface area contributed by atoms with Crippen molar-refractivity contribution in [1.29, 1.82) is 0 Å². The number of morpholine rings is 2. The lowest BCUT2D eigenvalue weighted by Gasteiger charge is -2.43. The second kappa shape index (κ2) is 18.9. The maximum Gasteiger partial charge on any atom is 0.252 e. The van der Waals surface area contributed by atoms with Crippen LogP contribution in [0.15, 0.2) is 158 Å². The molecule has 0 N–H and O–H groups in total. The molecule has 0 saturated carbocycles. The number of nitrogens with zero attached hydrogens (tertiary/aromatic N) is 2. The van der Waals surface area contributed by atoms with Gasteiger partial charge in [0.05, 0.1) is 12.1 Å². The Balaban J connectivity index is 0.000000177. The molecule has 0 unspecified atom stereocenters. The Bertz CT molecular complexity index is 2110. The number of hydrogen-bond donors (Lipinski definition) is 0. The van der Waals surface area contributed by atoms with Crippen LogP contribution in [0, 0.1) is 0 Å². The largest absolute Gasteiger partial charge is 0.358 e. The second-order valence-corrected chi connectivity index (χ2v) is 16.2. The first kappa shape index (κ1) is 41.5. The van der Waals surface area contributed by atoms with Crippen LogP contribution in [-0.2, 0) is 31.9 Å². The summed E-state index contributed by atoms with van der Waals surface area (Å²) in [6.45, 7) is 0. The predicted molar refractivity (Wildman–Crippen MR) is 232 cm³/mol. The van der Waals surface area contributed by atoms with Crippen molar-refractivity contribution in [3.05, 3.63) is 211 Å². The molecule has 8 rings (SSSR count). The zero-order chi connectivity index (χ0) is 40.8. The van der Waals surface area contributed by atoms with Crippen molar-refractivity contribution < 1.29 is 19.1 Å². The summed E-state index contributed by atoms with van der Waals surface area (Å²) in [6, 6.07) is 49.7. The van der Waals surface area contributed by atoms with E-state index in [1.165, 1.54) is 0 Å². The molecule has 6 aromatic carbocycles. The third-order valence-corrected chi connectivity index (χ3v) is 11.6. The fourth-order valence-corrected chi connectivity index (χ4v) is 8.13. The van der Waals surface area contributed by atoms with Gasteiger partial charge in [-0.15, -0.1) is 0 Å². The molecule has 10 heteroatoms. The summed E-state index contributed by atoms with van der Waals surface area (Å²) in [5, 5.41) is 2.64. The minimum atomic E-state index is -0.549. The summed E-state index contributed by atoms with van der Waals surface area (Å²) in [6.07, 6.45) is -0.670. The van der Waals surface area contributed by atoms with E-state index in [0.717, 1.165) is 33.4 Å². The van der Waals surface area contributed by atoms with Crippen LogP contribution in [0.3, 0.4) is 0 Å². The average molecular weight is 853 g/mol. The van der Waals surface area contributed by atoms with Gasteiger partial charge in [-0.25, -0.2) is 0 Å². The zero-order valence-corrected chi connectivity index (χ0v) is 35.0. The Hall–Kier alpha value is -4.66. The molecule has 0 aromatic heterocycles. The normalized spacial score (nSPS) is 22.0. The van der Waals surface area contributed by atoms with Gasteiger partial charge < -0.3 is 19.3 Å². The summed E-state index contributed by atoms with van der Waals surface area (Å²) in [5.74, 6) is -0.0574. The van der Waals surface area contributed by atoms with Crippen LogP contribution in [-0.4, -0.2) is 47.9 Å². The van der Waals surface area contributed by atoms with Gasteiger partial charge in [0.1, 0.15) is 24.4 Å². The number of likely N-dealkylation sites (N-methyl/N-ethyl adjacent to an activating group) is 2. The SMILES string of the molecule is CN1C(=O)[C@@H](Cc2ccccc2)O[C@H](c2ccc(Cl)cc2)[C@@H]1c1ccc(Cl)cc1.CN1C(=O)[C@H](Cc2ccccc2)O[C@@H](c2ccc(Cl)cc2)[C@H]1c1ccc(Cl)cc1. The quantitative estimate of drug-likeness (QED) is 0.153. The van der Waals surface area contributed by atoms with Crippen molar-refractivity contribution in [2.75, 3.05) is 14.1 Å². The van der Waals surface area contributed by atoms with Gasteiger partial charge in [-0.1, -0.05) is 156 Å². The van der Waals surface area contributed by atoms with Crippen LogP contribution in [0.4, 0.5) is 0 Å². The predicted octanol–water partition coefficient (Wildman–Crippen LogP) is 11.8. The first-order valence-corrected chi connectivity index (χ1v) is 20.5. The highest BCUT2D eigenvalue weighted by molar-refractivity contribution is 6.31. The highest BCUT2D eigenvalue weighted by Gasteiger charge is 2.43. The number of benzene rings is 6. The van der Waals surface area contributed by atoms with Gasteiger partial charge in [0.25, 0.3) is 11.8 Å². The molecular formula is C48H42Cl4N2O4. The van der Waals surface area contributed by atoms with E-state index in [2.05, 4.69) is 0 Å². The van der Waals surface area contributed by atoms with Gasteiger partial charge >= 0.3 is 0 Å². The molecule has 2 aliphatic heterocycles. The van der Waals surface area contributed by atoms with Crippen LogP contribution < -0.4 is 0 Å². The number of rotatable bonds is 8. The summed E-state index contributed by atoms with van der Waals surface area (Å²) in [7, 11) is 3.68. The zero-order valence-electron chi connectivity index (χ0n) is 31.9. The monoisotopic (exact) mass is 850 g/mol. The van der Waals surface area contributed by atoms with E-state index >= 15 is 0 Å². The van der Waals surface area contributed by atoms with Gasteiger partial charge in [-0.2, -0.15) is 0 Å². The van der Waals surface area contributed by atoms with Crippen LogP contribution in [0.2, 0.25) is 20.1 Å². The molecule has 0 bridgehead atoms. The Morgan fingerprint density at radius 2 is 0.690 bits per heavy atom. The summed E-state index contributed by atoms with van der Waals surface area (Å²) < 4.78 is 12.9. The molecular weight excluding hydrogens is 810 g/mol. The van der Waals surface area contributed by atoms with Gasteiger partial charge in [0, 0.05) is 47.0 Å². The lowest BCUT2D eigenvalue weighted by molar-refractivity contribution is -0.171. The molecule has 2 aliphatic rings. The molecule has 6 nitrogen and oxygen atoms in total. The number of carbonyl (C=O) groups is 2. The molecule has 296 valence electrons. The minimum Gasteiger partial charge on any atom is -0.358 e. The number of halogens is 4. The topological polar surface area (TPSA) is 59.1 Å². The molecule has 2 fully saturated rings. The Morgan fingerprint density at radius 1 is 0.414 bits per heavy atom. The van der Waals surface area contributed by atoms with Crippen molar-refractivity contribution >= 4 is 58.2 Å². The fraction of sp³-hybridized carbons (Fsp3) is 0.208. The maximum absolute atomic E-state index is 13.2. The number of ether oxygens (including phenoxy) is 2. The van der Waals surface area contributed by atoms with Crippen molar-refractivity contribution in [3.8, 4) is 0 Å². The van der Waals surface area contributed by atoms with Gasteiger partial charge in [0.15, 0.2) is 0 Å². The number of amides is 2. The van der Waals surface area contributed by atoms with Gasteiger partial charge in [0.2, 0.25) is 0 Å². The van der Waals surface area contributed by atoms with E-state index in [-0.39, 0.29) is 36.1 Å². The highest BCUT2D eigenvalue weighted by Crippen LogP contribution is 2.43. The van der Waals surface area contributed by atoms with E-state index in [4.69, 9.17) is 55.9 Å². The molecule has 2 amide bonds. The van der Waals surface area contributed by atoms with Crippen molar-refractivity contribution in [2.45, 2.75) is 49.3 Å². The van der Waals surface area contributed by atoms with E-state index < -0.39 is 12.2 Å². The molecule has 0 radical (unpaired) electrons. The first-order chi connectivity index (χ1) is 28.0. The lowest BCUT2D eigenvalue weighted by atomic mass is 9.91. The van der Waals surface area contributed by atoms with Crippen molar-refractivity contribution in [3.63, 3.8) is 0 Å². The fourth-order valence-electron chi connectivity index (χ4n) is 7.62. The molecule has 6 aromatic rings. The Labute approximate surface area is 359 Å². The van der Waals surface area contributed by atoms with E-state index in [9.17, 15) is 9.59 Å². The Kier molecular flexibility index (Phi) is 13.6. The number of hydrogen-bond acceptors (Lipinski definition) is 4. The molecule has 2 saturated heterocycles. The average Bonchev–Trinajstić information content (AvgIpc) is 3.24. The third kappa shape index (κ3) is 9.78.